The molecule has 1 aromatic heterocycles. The Hall–Kier alpha value is -2.86. The van der Waals surface area contributed by atoms with E-state index in [1.54, 1.807) is 24.3 Å². The van der Waals surface area contributed by atoms with Crippen LogP contribution < -0.4 is 5.32 Å². The molecule has 3 rings (SSSR count). The van der Waals surface area contributed by atoms with Crippen LogP contribution in [0.5, 0.6) is 0 Å². The van der Waals surface area contributed by atoms with E-state index in [1.165, 1.54) is 24.5 Å². The number of nitrogens with one attached hydrogen (secondary N) is 1. The Morgan fingerprint density at radius 3 is 2.48 bits per heavy atom. The second kappa shape index (κ2) is 7.80. The van der Waals surface area contributed by atoms with Crippen LogP contribution in [-0.2, 0) is 15.6 Å². The van der Waals surface area contributed by atoms with Crippen molar-refractivity contribution in [2.45, 2.75) is 30.4 Å². The number of anilines is 1. The molecule has 27 heavy (non-hydrogen) atoms. The molecule has 5 nitrogen and oxygen atoms in total. The largest absolute Gasteiger partial charge is 0.459 e. The van der Waals surface area contributed by atoms with E-state index in [1.807, 2.05) is 18.2 Å². The Kier molecular flexibility index (Phi) is 5.46. The molecule has 0 saturated heterocycles. The normalized spacial score (nSPS) is 11.5. The van der Waals surface area contributed by atoms with Gasteiger partial charge in [-0.25, -0.2) is 8.42 Å². The molecule has 0 radical (unpaired) electrons. The molecule has 1 amide bonds. The van der Waals surface area contributed by atoms with Crippen molar-refractivity contribution in [3.63, 3.8) is 0 Å². The molecule has 0 unspecified atom stereocenters. The summed E-state index contributed by atoms with van der Waals surface area (Å²) in [6.45, 7) is 4.14. The van der Waals surface area contributed by atoms with Crippen LogP contribution in [0.2, 0.25) is 0 Å². The standard InChI is InChI=1S/C21H21NO4S/c1-15(2)16-7-6-8-18(13-16)22-21(23)20-17(11-12-26-20)14-27(24,25)19-9-4-3-5-10-19/h3-13,15H,14H2,1-2H3,(H,22,23). The zero-order valence-corrected chi connectivity index (χ0v) is 16.0. The van der Waals surface area contributed by atoms with Crippen molar-refractivity contribution in [2.75, 3.05) is 5.32 Å². The summed E-state index contributed by atoms with van der Waals surface area (Å²) in [6, 6.07) is 17.2. The number of carbonyl (C=O) groups is 1. The molecular weight excluding hydrogens is 362 g/mol. The van der Waals surface area contributed by atoms with Crippen LogP contribution in [0.3, 0.4) is 0 Å². The number of benzene rings is 2. The summed E-state index contributed by atoms with van der Waals surface area (Å²) in [5, 5.41) is 2.78. The monoisotopic (exact) mass is 383 g/mol. The summed E-state index contributed by atoms with van der Waals surface area (Å²) in [7, 11) is -3.57. The van der Waals surface area contributed by atoms with Gasteiger partial charge in [-0.3, -0.25) is 4.79 Å². The maximum Gasteiger partial charge on any atom is 0.291 e. The third-order valence-electron chi connectivity index (χ3n) is 4.21. The van der Waals surface area contributed by atoms with Crippen molar-refractivity contribution in [2.24, 2.45) is 0 Å². The molecule has 0 aliphatic rings. The quantitative estimate of drug-likeness (QED) is 0.673. The van der Waals surface area contributed by atoms with Gasteiger partial charge in [0.05, 0.1) is 16.9 Å². The van der Waals surface area contributed by atoms with E-state index in [-0.39, 0.29) is 16.4 Å². The number of carbonyl (C=O) groups excluding carboxylic acids is 1. The first-order valence-electron chi connectivity index (χ1n) is 8.62. The lowest BCUT2D eigenvalue weighted by Gasteiger charge is -2.09. The highest BCUT2D eigenvalue weighted by atomic mass is 32.2. The van der Waals surface area contributed by atoms with E-state index in [9.17, 15) is 13.2 Å². The minimum atomic E-state index is -3.57. The van der Waals surface area contributed by atoms with E-state index >= 15 is 0 Å². The van der Waals surface area contributed by atoms with Gasteiger partial charge in [0.1, 0.15) is 0 Å². The summed E-state index contributed by atoms with van der Waals surface area (Å²) >= 11 is 0. The first-order valence-corrected chi connectivity index (χ1v) is 10.3. The summed E-state index contributed by atoms with van der Waals surface area (Å²) in [4.78, 5) is 12.8. The Morgan fingerprint density at radius 2 is 1.78 bits per heavy atom. The molecule has 0 saturated carbocycles. The van der Waals surface area contributed by atoms with Crippen molar-refractivity contribution in [1.29, 1.82) is 0 Å². The van der Waals surface area contributed by atoms with Crippen molar-refractivity contribution < 1.29 is 17.6 Å². The maximum atomic E-state index is 12.6. The van der Waals surface area contributed by atoms with Crippen LogP contribution in [0.25, 0.3) is 0 Å². The van der Waals surface area contributed by atoms with Crippen molar-refractivity contribution >= 4 is 21.4 Å². The van der Waals surface area contributed by atoms with Crippen LogP contribution in [-0.4, -0.2) is 14.3 Å². The highest BCUT2D eigenvalue weighted by molar-refractivity contribution is 7.90. The van der Waals surface area contributed by atoms with E-state index in [0.717, 1.165) is 5.56 Å². The highest BCUT2D eigenvalue weighted by Crippen LogP contribution is 2.22. The number of amides is 1. The molecule has 1 heterocycles. The molecule has 0 aliphatic heterocycles. The molecular formula is C21H21NO4S. The summed E-state index contributed by atoms with van der Waals surface area (Å²) < 4.78 is 30.4. The molecule has 0 bridgehead atoms. The summed E-state index contributed by atoms with van der Waals surface area (Å²) in [5.74, 6) is -0.442. The van der Waals surface area contributed by atoms with Gasteiger partial charge in [0.25, 0.3) is 5.91 Å². The molecule has 2 aromatic carbocycles. The maximum absolute atomic E-state index is 12.6. The lowest BCUT2D eigenvalue weighted by Crippen LogP contribution is -2.15. The van der Waals surface area contributed by atoms with Gasteiger partial charge in [0, 0.05) is 11.3 Å². The average molecular weight is 383 g/mol. The first kappa shape index (κ1) is 18.9. The zero-order valence-electron chi connectivity index (χ0n) is 15.2. The molecule has 0 atom stereocenters. The third kappa shape index (κ3) is 4.46. The van der Waals surface area contributed by atoms with Gasteiger partial charge < -0.3 is 9.73 Å². The lowest BCUT2D eigenvalue weighted by molar-refractivity contribution is 0.0996. The molecule has 140 valence electrons. The van der Waals surface area contributed by atoms with Crippen LogP contribution in [0, 0.1) is 0 Å². The molecule has 1 N–H and O–H groups in total. The van der Waals surface area contributed by atoms with Gasteiger partial charge in [-0.1, -0.05) is 44.2 Å². The van der Waals surface area contributed by atoms with Gasteiger partial charge in [0.15, 0.2) is 15.6 Å². The predicted octanol–water partition coefficient (Wildman–Crippen LogP) is 4.63. The fourth-order valence-corrected chi connectivity index (χ4v) is 4.10. The Labute approximate surface area is 159 Å². The second-order valence-electron chi connectivity index (χ2n) is 6.58. The minimum absolute atomic E-state index is 0.00413. The van der Waals surface area contributed by atoms with Gasteiger partial charge >= 0.3 is 0 Å². The van der Waals surface area contributed by atoms with Crippen LogP contribution in [0.4, 0.5) is 5.69 Å². The molecule has 6 heteroatoms. The fourth-order valence-electron chi connectivity index (χ4n) is 2.73. The van der Waals surface area contributed by atoms with Gasteiger partial charge in [-0.05, 0) is 41.8 Å². The van der Waals surface area contributed by atoms with Crippen molar-refractivity contribution in [3.8, 4) is 0 Å². The highest BCUT2D eigenvalue weighted by Gasteiger charge is 2.22. The smallest absolute Gasteiger partial charge is 0.291 e. The van der Waals surface area contributed by atoms with E-state index < -0.39 is 15.7 Å². The number of furan rings is 1. The SMILES string of the molecule is CC(C)c1cccc(NC(=O)c2occc2CS(=O)(=O)c2ccccc2)c1. The Morgan fingerprint density at radius 1 is 1.04 bits per heavy atom. The molecule has 0 spiro atoms. The van der Waals surface area contributed by atoms with Crippen LogP contribution >= 0.6 is 0 Å². The first-order chi connectivity index (χ1) is 12.9. The van der Waals surface area contributed by atoms with Gasteiger partial charge in [-0.2, -0.15) is 0 Å². The van der Waals surface area contributed by atoms with Gasteiger partial charge in [0.2, 0.25) is 0 Å². The lowest BCUT2D eigenvalue weighted by atomic mass is 10.0. The van der Waals surface area contributed by atoms with Gasteiger partial charge in [-0.15, -0.1) is 0 Å². The zero-order chi connectivity index (χ0) is 19.4. The van der Waals surface area contributed by atoms with Crippen LogP contribution in [0.15, 0.2) is 76.2 Å². The Bertz CT molecular complexity index is 1040. The van der Waals surface area contributed by atoms with Crippen molar-refractivity contribution in [1.82, 2.24) is 0 Å². The molecule has 0 fully saturated rings. The number of hydrogen-bond acceptors (Lipinski definition) is 4. The second-order valence-corrected chi connectivity index (χ2v) is 8.57. The summed E-state index contributed by atoms with van der Waals surface area (Å²) in [6.07, 6.45) is 1.33. The topological polar surface area (TPSA) is 76.4 Å². The third-order valence-corrected chi connectivity index (χ3v) is 5.89. The van der Waals surface area contributed by atoms with Crippen LogP contribution in [0.1, 0.15) is 41.4 Å². The fraction of sp³-hybridized carbons (Fsp3) is 0.190. The summed E-state index contributed by atoms with van der Waals surface area (Å²) in [5.41, 5.74) is 2.06. The van der Waals surface area contributed by atoms with Crippen molar-refractivity contribution in [3.05, 3.63) is 83.8 Å². The molecule has 0 aliphatic carbocycles. The Balaban J connectivity index is 1.80. The number of hydrogen-bond donors (Lipinski definition) is 1. The van der Waals surface area contributed by atoms with E-state index in [2.05, 4.69) is 19.2 Å². The number of rotatable bonds is 6. The number of sulfone groups is 1. The predicted molar refractivity (Wildman–Crippen MR) is 105 cm³/mol. The average Bonchev–Trinajstić information content (AvgIpc) is 3.10. The minimum Gasteiger partial charge on any atom is -0.459 e. The molecule has 3 aromatic rings. The van der Waals surface area contributed by atoms with E-state index in [4.69, 9.17) is 4.42 Å². The van der Waals surface area contributed by atoms with E-state index in [0.29, 0.717) is 17.2 Å².